The molecule has 0 saturated carbocycles. The van der Waals surface area contributed by atoms with Crippen LogP contribution in [0, 0.1) is 5.92 Å². The summed E-state index contributed by atoms with van der Waals surface area (Å²) in [6.07, 6.45) is 1.19. The summed E-state index contributed by atoms with van der Waals surface area (Å²) in [5.74, 6) is -1.92. The predicted octanol–water partition coefficient (Wildman–Crippen LogP) is 1.36. The van der Waals surface area contributed by atoms with Gasteiger partial charge in [0.2, 0.25) is 0 Å². The van der Waals surface area contributed by atoms with Gasteiger partial charge in [-0.05, 0) is 24.3 Å². The van der Waals surface area contributed by atoms with E-state index in [4.69, 9.17) is 4.74 Å². The number of hydrogen-bond acceptors (Lipinski definition) is 6. The topological polar surface area (TPSA) is 74.2 Å². The molecule has 0 aliphatic heterocycles. The molecule has 0 heterocycles. The Morgan fingerprint density at radius 2 is 1.58 bits per heavy atom. The predicted molar refractivity (Wildman–Crippen MR) is 68.7 cm³/mol. The third-order valence-corrected chi connectivity index (χ3v) is 2.36. The highest BCUT2D eigenvalue weighted by Crippen LogP contribution is 2.17. The number of ether oxygens (including phenoxy) is 3. The van der Waals surface area contributed by atoms with Crippen molar-refractivity contribution in [2.45, 2.75) is 0 Å². The van der Waals surface area contributed by atoms with Gasteiger partial charge in [0, 0.05) is 6.21 Å². The molecular weight excluding hydrogens is 250 g/mol. The van der Waals surface area contributed by atoms with Gasteiger partial charge in [0.05, 0.1) is 27.0 Å². The van der Waals surface area contributed by atoms with Crippen LogP contribution in [0.15, 0.2) is 29.3 Å². The number of methoxy groups -OCH3 is 3. The molecule has 6 heteroatoms. The van der Waals surface area contributed by atoms with Crippen molar-refractivity contribution >= 4 is 23.8 Å². The van der Waals surface area contributed by atoms with Crippen molar-refractivity contribution in [2.24, 2.45) is 10.9 Å². The minimum absolute atomic E-state index is 0.582. The van der Waals surface area contributed by atoms with Gasteiger partial charge in [0.1, 0.15) is 5.75 Å². The van der Waals surface area contributed by atoms with E-state index in [2.05, 4.69) is 14.5 Å². The Kier molecular flexibility index (Phi) is 5.53. The lowest BCUT2D eigenvalue weighted by molar-refractivity contribution is -0.154. The molecule has 0 aliphatic carbocycles. The van der Waals surface area contributed by atoms with Crippen molar-refractivity contribution in [1.82, 2.24) is 0 Å². The van der Waals surface area contributed by atoms with E-state index >= 15 is 0 Å². The molecule has 1 aromatic carbocycles. The SMILES string of the molecule is COC(=O)C(C=Nc1ccc(OC)cc1)C(=O)OC. The molecule has 19 heavy (non-hydrogen) atoms. The maximum atomic E-state index is 11.4. The highest BCUT2D eigenvalue weighted by atomic mass is 16.5. The van der Waals surface area contributed by atoms with E-state index in [-0.39, 0.29) is 0 Å². The van der Waals surface area contributed by atoms with Crippen LogP contribution in [0.5, 0.6) is 5.75 Å². The molecule has 1 aromatic rings. The summed E-state index contributed by atoms with van der Waals surface area (Å²) >= 11 is 0. The van der Waals surface area contributed by atoms with Crippen LogP contribution in [-0.2, 0) is 19.1 Å². The summed E-state index contributed by atoms with van der Waals surface area (Å²) in [5, 5.41) is 0. The molecule has 0 fully saturated rings. The third kappa shape index (κ3) is 4.09. The molecule has 0 N–H and O–H groups in total. The average Bonchev–Trinajstić information content (AvgIpc) is 2.47. The molecule has 0 unspecified atom stereocenters. The van der Waals surface area contributed by atoms with Gasteiger partial charge >= 0.3 is 11.9 Å². The lowest BCUT2D eigenvalue weighted by Gasteiger charge is -2.07. The Labute approximate surface area is 111 Å². The second-order valence-corrected chi connectivity index (χ2v) is 3.50. The smallest absolute Gasteiger partial charge is 0.325 e. The number of rotatable bonds is 5. The van der Waals surface area contributed by atoms with E-state index in [1.165, 1.54) is 20.4 Å². The van der Waals surface area contributed by atoms with Crippen molar-refractivity contribution in [2.75, 3.05) is 21.3 Å². The van der Waals surface area contributed by atoms with Gasteiger partial charge in [-0.3, -0.25) is 14.6 Å². The molecule has 0 bridgehead atoms. The molecule has 0 spiro atoms. The molecule has 0 aliphatic rings. The molecule has 0 atom stereocenters. The minimum Gasteiger partial charge on any atom is -0.497 e. The summed E-state index contributed by atoms with van der Waals surface area (Å²) in [6.45, 7) is 0. The van der Waals surface area contributed by atoms with Crippen molar-refractivity contribution < 1.29 is 23.8 Å². The van der Waals surface area contributed by atoms with Crippen LogP contribution in [0.1, 0.15) is 0 Å². The van der Waals surface area contributed by atoms with Crippen molar-refractivity contribution in [3.05, 3.63) is 24.3 Å². The average molecular weight is 265 g/mol. The molecule has 0 amide bonds. The molecule has 0 radical (unpaired) electrons. The maximum Gasteiger partial charge on any atom is 0.325 e. The maximum absolute atomic E-state index is 11.4. The highest BCUT2D eigenvalue weighted by molar-refractivity contribution is 6.09. The Morgan fingerprint density at radius 1 is 1.05 bits per heavy atom. The van der Waals surface area contributed by atoms with Crippen LogP contribution in [-0.4, -0.2) is 39.5 Å². The summed E-state index contributed by atoms with van der Waals surface area (Å²) in [5.41, 5.74) is 0.582. The Hall–Kier alpha value is -2.37. The van der Waals surface area contributed by atoms with Gasteiger partial charge in [0.15, 0.2) is 5.92 Å². The first-order chi connectivity index (χ1) is 9.12. The van der Waals surface area contributed by atoms with Crippen LogP contribution in [0.3, 0.4) is 0 Å². The number of aliphatic imine (C=N–C) groups is 1. The van der Waals surface area contributed by atoms with Crippen molar-refractivity contribution in [3.8, 4) is 5.75 Å². The second kappa shape index (κ2) is 7.15. The van der Waals surface area contributed by atoms with E-state index in [1.54, 1.807) is 31.4 Å². The summed E-state index contributed by atoms with van der Waals surface area (Å²) in [6, 6.07) is 6.83. The first kappa shape index (κ1) is 14.7. The Balaban J connectivity index is 2.85. The minimum atomic E-state index is -1.17. The molecule has 6 nitrogen and oxygen atoms in total. The standard InChI is InChI=1S/C13H15NO5/c1-17-10-6-4-9(5-7-10)14-8-11(12(15)18-2)13(16)19-3/h4-8,11H,1-3H3. The van der Waals surface area contributed by atoms with E-state index in [1.807, 2.05) is 0 Å². The van der Waals surface area contributed by atoms with Gasteiger partial charge in [-0.15, -0.1) is 0 Å². The van der Waals surface area contributed by atoms with Gasteiger partial charge < -0.3 is 14.2 Å². The first-order valence-corrected chi connectivity index (χ1v) is 5.46. The summed E-state index contributed by atoms with van der Waals surface area (Å²) < 4.78 is 14.0. The number of benzene rings is 1. The molecule has 0 saturated heterocycles. The fraction of sp³-hybridized carbons (Fsp3) is 0.308. The third-order valence-electron chi connectivity index (χ3n) is 2.36. The quantitative estimate of drug-likeness (QED) is 0.456. The van der Waals surface area contributed by atoms with Crippen molar-refractivity contribution in [3.63, 3.8) is 0 Å². The van der Waals surface area contributed by atoms with E-state index in [0.29, 0.717) is 11.4 Å². The Bertz CT molecular complexity index is 450. The summed E-state index contributed by atoms with van der Waals surface area (Å²) in [4.78, 5) is 26.8. The summed E-state index contributed by atoms with van der Waals surface area (Å²) in [7, 11) is 3.95. The molecule has 102 valence electrons. The monoisotopic (exact) mass is 265 g/mol. The number of esters is 2. The van der Waals surface area contributed by atoms with Crippen LogP contribution in [0.25, 0.3) is 0 Å². The number of nitrogens with zero attached hydrogens (tertiary/aromatic N) is 1. The van der Waals surface area contributed by atoms with Crippen LogP contribution in [0.4, 0.5) is 5.69 Å². The zero-order valence-corrected chi connectivity index (χ0v) is 11.0. The van der Waals surface area contributed by atoms with Crippen LogP contribution < -0.4 is 4.74 Å². The van der Waals surface area contributed by atoms with Gasteiger partial charge in [-0.2, -0.15) is 0 Å². The number of carbonyl (C=O) groups excluding carboxylic acids is 2. The molecule has 1 rings (SSSR count). The largest absolute Gasteiger partial charge is 0.497 e. The second-order valence-electron chi connectivity index (χ2n) is 3.50. The van der Waals surface area contributed by atoms with Crippen molar-refractivity contribution in [1.29, 1.82) is 0 Å². The highest BCUT2D eigenvalue weighted by Gasteiger charge is 2.26. The fourth-order valence-corrected chi connectivity index (χ4v) is 1.30. The van der Waals surface area contributed by atoms with Gasteiger partial charge in [-0.1, -0.05) is 0 Å². The zero-order valence-electron chi connectivity index (χ0n) is 11.0. The van der Waals surface area contributed by atoms with E-state index < -0.39 is 17.9 Å². The van der Waals surface area contributed by atoms with E-state index in [0.717, 1.165) is 0 Å². The molecular formula is C13H15NO5. The van der Waals surface area contributed by atoms with Gasteiger partial charge in [0.25, 0.3) is 0 Å². The number of carbonyl (C=O) groups is 2. The normalized spacial score (nSPS) is 10.5. The number of hydrogen-bond donors (Lipinski definition) is 0. The fourth-order valence-electron chi connectivity index (χ4n) is 1.30. The van der Waals surface area contributed by atoms with Crippen LogP contribution >= 0.6 is 0 Å². The lowest BCUT2D eigenvalue weighted by atomic mass is 10.2. The first-order valence-electron chi connectivity index (χ1n) is 5.46. The Morgan fingerprint density at radius 3 is 2.00 bits per heavy atom. The van der Waals surface area contributed by atoms with Crippen LogP contribution in [0.2, 0.25) is 0 Å². The zero-order chi connectivity index (χ0) is 14.3. The van der Waals surface area contributed by atoms with Gasteiger partial charge in [-0.25, -0.2) is 0 Å². The van der Waals surface area contributed by atoms with E-state index in [9.17, 15) is 9.59 Å². The molecule has 0 aromatic heterocycles. The lowest BCUT2D eigenvalue weighted by Crippen LogP contribution is -2.27.